The highest BCUT2D eigenvalue weighted by Gasteiger charge is 2.64. The van der Waals surface area contributed by atoms with E-state index in [0.717, 1.165) is 19.3 Å². The predicted molar refractivity (Wildman–Crippen MR) is 125 cm³/mol. The molecule has 3 aliphatic carbocycles. The molecular formula is C26H42O9. The fourth-order valence-corrected chi connectivity index (χ4v) is 7.73. The smallest absolute Gasteiger partial charge is 0.186 e. The number of carbonyl (C=O) groups excluding carboxylic acids is 1. The van der Waals surface area contributed by atoms with E-state index >= 15 is 0 Å². The van der Waals surface area contributed by atoms with Crippen LogP contribution in [0.4, 0.5) is 0 Å². The average Bonchev–Trinajstić information content (AvgIpc) is 2.83. The van der Waals surface area contributed by atoms with Crippen molar-refractivity contribution in [3.8, 4) is 0 Å². The molecule has 3 unspecified atom stereocenters. The van der Waals surface area contributed by atoms with Crippen LogP contribution in [-0.2, 0) is 14.3 Å². The molecule has 0 spiro atoms. The Morgan fingerprint density at radius 1 is 1.09 bits per heavy atom. The molecule has 4 aliphatic rings. The van der Waals surface area contributed by atoms with Crippen molar-refractivity contribution in [2.45, 2.75) is 95.8 Å². The molecule has 200 valence electrons. The van der Waals surface area contributed by atoms with E-state index in [4.69, 9.17) is 9.47 Å². The first-order chi connectivity index (χ1) is 16.3. The number of fused-ring (bicyclic) bond motifs is 3. The number of aliphatic hydroxyl groups excluding tert-OH is 6. The summed E-state index contributed by atoms with van der Waals surface area (Å²) in [4.78, 5) is 13.5. The van der Waals surface area contributed by atoms with Gasteiger partial charge in [-0.15, -0.1) is 6.58 Å². The maximum absolute atomic E-state index is 13.5. The molecule has 13 atom stereocenters. The summed E-state index contributed by atoms with van der Waals surface area (Å²) in [6.45, 7) is 9.28. The third kappa shape index (κ3) is 4.32. The van der Waals surface area contributed by atoms with E-state index in [1.807, 2.05) is 6.08 Å². The molecule has 3 saturated carbocycles. The Balaban J connectivity index is 1.59. The summed E-state index contributed by atoms with van der Waals surface area (Å²) in [7, 11) is 0. The van der Waals surface area contributed by atoms with Gasteiger partial charge in [0.05, 0.1) is 25.4 Å². The summed E-state index contributed by atoms with van der Waals surface area (Å²) in [6, 6.07) is 0. The van der Waals surface area contributed by atoms with Crippen molar-refractivity contribution >= 4 is 5.78 Å². The molecule has 1 saturated heterocycles. The summed E-state index contributed by atoms with van der Waals surface area (Å²) in [6.07, 6.45) is -4.24. The maximum Gasteiger partial charge on any atom is 0.186 e. The molecule has 1 aliphatic heterocycles. The van der Waals surface area contributed by atoms with Crippen molar-refractivity contribution in [3.63, 3.8) is 0 Å². The predicted octanol–water partition coefficient (Wildman–Crippen LogP) is 0.139. The molecule has 9 nitrogen and oxygen atoms in total. The number of ketones is 1. The lowest BCUT2D eigenvalue weighted by Crippen LogP contribution is -2.66. The lowest BCUT2D eigenvalue weighted by atomic mass is 9.42. The molecule has 4 rings (SSSR count). The van der Waals surface area contributed by atoms with Gasteiger partial charge in [0.1, 0.15) is 30.2 Å². The first-order valence-electron chi connectivity index (χ1n) is 12.8. The summed E-state index contributed by atoms with van der Waals surface area (Å²) in [5.41, 5.74) is -1.54. The van der Waals surface area contributed by atoms with Gasteiger partial charge in [-0.25, -0.2) is 0 Å². The summed E-state index contributed by atoms with van der Waals surface area (Å²) < 4.78 is 11.4. The average molecular weight is 499 g/mol. The number of carbonyl (C=O) groups is 1. The minimum atomic E-state index is -1.58. The Bertz CT molecular complexity index is 819. The number of rotatable bonds is 5. The Labute approximate surface area is 206 Å². The zero-order chi connectivity index (χ0) is 25.9. The van der Waals surface area contributed by atoms with Crippen LogP contribution in [-0.4, -0.2) is 92.5 Å². The highest BCUT2D eigenvalue weighted by atomic mass is 16.7. The van der Waals surface area contributed by atoms with Crippen LogP contribution in [0.2, 0.25) is 0 Å². The molecule has 35 heavy (non-hydrogen) atoms. The van der Waals surface area contributed by atoms with Crippen molar-refractivity contribution in [3.05, 3.63) is 12.7 Å². The maximum atomic E-state index is 13.5. The number of aliphatic hydroxyl groups is 6. The largest absolute Gasteiger partial charge is 0.394 e. The van der Waals surface area contributed by atoms with E-state index in [9.17, 15) is 35.4 Å². The van der Waals surface area contributed by atoms with E-state index in [1.54, 1.807) is 6.92 Å². The molecule has 0 bridgehead atoms. The van der Waals surface area contributed by atoms with Crippen LogP contribution in [0.15, 0.2) is 12.7 Å². The zero-order valence-electron chi connectivity index (χ0n) is 20.9. The van der Waals surface area contributed by atoms with Crippen LogP contribution in [0, 0.1) is 34.0 Å². The summed E-state index contributed by atoms with van der Waals surface area (Å²) >= 11 is 0. The van der Waals surface area contributed by atoms with Gasteiger partial charge >= 0.3 is 0 Å². The molecule has 6 N–H and O–H groups in total. The van der Waals surface area contributed by atoms with E-state index in [-0.39, 0.29) is 42.0 Å². The van der Waals surface area contributed by atoms with Crippen LogP contribution in [0.25, 0.3) is 0 Å². The third-order valence-corrected chi connectivity index (χ3v) is 10.0. The summed E-state index contributed by atoms with van der Waals surface area (Å²) in [5.74, 6) is -0.172. The van der Waals surface area contributed by atoms with Gasteiger partial charge in [0.2, 0.25) is 0 Å². The van der Waals surface area contributed by atoms with E-state index in [2.05, 4.69) is 20.4 Å². The molecule has 4 fully saturated rings. The minimum absolute atomic E-state index is 0.0653. The SMILES string of the molecule is C=C[C@@]1(C)CCC2C(C1)C(=O)CC1[C@]2(C)C[C@@H](O)[C@H](O)[C@]1(C)CO[C@@H]1O[C@H](CO)[C@@H](O)[C@@H](O)[C@@H]1O. The first kappa shape index (κ1) is 27.1. The normalized spacial score (nSPS) is 54.6. The van der Waals surface area contributed by atoms with Crippen molar-refractivity contribution < 1.29 is 44.9 Å². The Kier molecular flexibility index (Phi) is 7.32. The fraction of sp³-hybridized carbons (Fsp3) is 0.885. The van der Waals surface area contributed by atoms with Crippen molar-refractivity contribution in [1.82, 2.24) is 0 Å². The first-order valence-corrected chi connectivity index (χ1v) is 12.8. The van der Waals surface area contributed by atoms with Gasteiger partial charge in [0.15, 0.2) is 6.29 Å². The van der Waals surface area contributed by atoms with Crippen LogP contribution < -0.4 is 0 Å². The second-order valence-electron chi connectivity index (χ2n) is 12.3. The number of allylic oxidation sites excluding steroid dienone is 1. The van der Waals surface area contributed by atoms with Crippen LogP contribution >= 0.6 is 0 Å². The van der Waals surface area contributed by atoms with Gasteiger partial charge in [0, 0.05) is 17.8 Å². The number of Topliss-reactive ketones (excluding diaryl/α,β-unsaturated/α-hetero) is 1. The molecule has 0 amide bonds. The number of hydrogen-bond acceptors (Lipinski definition) is 9. The Hall–Kier alpha value is -0.910. The molecular weight excluding hydrogens is 456 g/mol. The van der Waals surface area contributed by atoms with Gasteiger partial charge in [0.25, 0.3) is 0 Å². The van der Waals surface area contributed by atoms with Crippen LogP contribution in [0.5, 0.6) is 0 Å². The highest BCUT2D eigenvalue weighted by Crippen LogP contribution is 2.64. The van der Waals surface area contributed by atoms with Gasteiger partial charge < -0.3 is 40.1 Å². The van der Waals surface area contributed by atoms with E-state index in [0.29, 0.717) is 6.42 Å². The van der Waals surface area contributed by atoms with E-state index in [1.165, 1.54) is 0 Å². The van der Waals surface area contributed by atoms with Crippen LogP contribution in [0.1, 0.15) is 52.9 Å². The standard InChI is InChI=1S/C26H42O9/c1-5-24(2)7-6-14-13(9-24)15(28)8-18-25(14,3)10-16(29)22(33)26(18,4)12-34-23-21(32)20(31)19(30)17(11-27)35-23/h5,13-14,16-23,27,29-33H,1,6-12H2,2-4H3/t13?,14?,16-,17-,18?,19-,20-,21+,22+,23-,24+,25-,26-/m1/s1. The molecule has 0 radical (unpaired) electrons. The molecule has 1 heterocycles. The Morgan fingerprint density at radius 3 is 2.40 bits per heavy atom. The highest BCUT2D eigenvalue weighted by molar-refractivity contribution is 5.83. The van der Waals surface area contributed by atoms with Crippen LogP contribution in [0.3, 0.4) is 0 Å². The van der Waals surface area contributed by atoms with Crippen molar-refractivity contribution in [2.75, 3.05) is 13.2 Å². The third-order valence-electron chi connectivity index (χ3n) is 10.0. The topological polar surface area (TPSA) is 157 Å². The van der Waals surface area contributed by atoms with E-state index < -0.39 is 60.4 Å². The van der Waals surface area contributed by atoms with Gasteiger partial charge in [-0.05, 0) is 48.3 Å². The second kappa shape index (κ2) is 9.44. The fourth-order valence-electron chi connectivity index (χ4n) is 7.73. The monoisotopic (exact) mass is 498 g/mol. The van der Waals surface area contributed by atoms with Crippen molar-refractivity contribution in [1.29, 1.82) is 0 Å². The molecule has 0 aromatic rings. The number of hydrogen-bond donors (Lipinski definition) is 6. The molecule has 0 aromatic heterocycles. The minimum Gasteiger partial charge on any atom is -0.394 e. The zero-order valence-corrected chi connectivity index (χ0v) is 20.9. The van der Waals surface area contributed by atoms with Gasteiger partial charge in [-0.2, -0.15) is 0 Å². The molecule has 0 aromatic carbocycles. The lowest BCUT2D eigenvalue weighted by Gasteiger charge is -2.63. The lowest BCUT2D eigenvalue weighted by molar-refractivity contribution is -0.316. The second-order valence-corrected chi connectivity index (χ2v) is 12.3. The van der Waals surface area contributed by atoms with Gasteiger partial charge in [-0.3, -0.25) is 4.79 Å². The Morgan fingerprint density at radius 2 is 1.77 bits per heavy atom. The number of ether oxygens (including phenoxy) is 2. The molecule has 9 heteroatoms. The van der Waals surface area contributed by atoms with Crippen molar-refractivity contribution in [2.24, 2.45) is 34.0 Å². The quantitative estimate of drug-likeness (QED) is 0.290. The van der Waals surface area contributed by atoms with Gasteiger partial charge in [-0.1, -0.05) is 26.8 Å². The summed E-state index contributed by atoms with van der Waals surface area (Å²) in [5, 5.41) is 62.1.